The second-order valence-electron chi connectivity index (χ2n) is 4.14. The maximum atomic E-state index is 6.04. The second-order valence-corrected chi connectivity index (χ2v) is 5.40. The summed E-state index contributed by atoms with van der Waals surface area (Å²) in [5.41, 5.74) is 8.03. The van der Waals surface area contributed by atoms with Crippen LogP contribution in [-0.2, 0) is 0 Å². The van der Waals surface area contributed by atoms with Gasteiger partial charge in [-0.3, -0.25) is 0 Å². The molecule has 0 fully saturated rings. The van der Waals surface area contributed by atoms with Crippen molar-refractivity contribution in [3.05, 3.63) is 57.2 Å². The minimum Gasteiger partial charge on any atom is -0.383 e. The lowest BCUT2D eigenvalue weighted by Gasteiger charge is -2.20. The Kier molecular flexibility index (Phi) is 4.80. The third kappa shape index (κ3) is 3.26. The Hall–Kier alpha value is -1.10. The molecule has 0 spiro atoms. The van der Waals surface area contributed by atoms with Crippen molar-refractivity contribution in [2.45, 2.75) is 13.0 Å². The number of halogens is 2. The number of nitrogens with two attached hydrogens (primary N) is 1. The smallest absolute Gasteiger partial charge is 0.128 e. The van der Waals surface area contributed by atoms with Crippen LogP contribution in [0.25, 0.3) is 0 Å². The highest BCUT2D eigenvalue weighted by molar-refractivity contribution is 9.10. The predicted molar refractivity (Wildman–Crippen MR) is 83.3 cm³/mol. The minimum atomic E-state index is 0.00673. The first-order chi connectivity index (χ1) is 9.13. The van der Waals surface area contributed by atoms with E-state index in [-0.39, 0.29) is 6.04 Å². The van der Waals surface area contributed by atoms with Gasteiger partial charge in [0.25, 0.3) is 0 Å². The van der Waals surface area contributed by atoms with E-state index in [4.69, 9.17) is 17.3 Å². The lowest BCUT2D eigenvalue weighted by molar-refractivity contribution is 0.630. The molecule has 2 rings (SSSR count). The Labute approximate surface area is 126 Å². The van der Waals surface area contributed by atoms with Crippen LogP contribution >= 0.6 is 27.5 Å². The monoisotopic (exact) mass is 339 g/mol. The molecule has 3 nitrogen and oxygen atoms in total. The third-order valence-electron chi connectivity index (χ3n) is 2.87. The number of aromatic nitrogens is 1. The van der Waals surface area contributed by atoms with Gasteiger partial charge in [0.05, 0.1) is 11.1 Å². The quantitative estimate of drug-likeness (QED) is 0.890. The molecule has 1 aromatic heterocycles. The average Bonchev–Trinajstić information content (AvgIpc) is 2.40. The van der Waals surface area contributed by atoms with E-state index >= 15 is 0 Å². The zero-order valence-corrected chi connectivity index (χ0v) is 12.9. The van der Waals surface area contributed by atoms with Crippen LogP contribution in [-0.4, -0.2) is 11.5 Å². The highest BCUT2D eigenvalue weighted by Gasteiger charge is 2.16. The summed E-state index contributed by atoms with van der Waals surface area (Å²) in [5.74, 6) is 0.541. The summed E-state index contributed by atoms with van der Waals surface area (Å²) in [6.07, 6.45) is 1.69. The molecule has 0 saturated heterocycles. The van der Waals surface area contributed by atoms with Crippen LogP contribution in [0.2, 0.25) is 5.02 Å². The Morgan fingerprint density at radius 3 is 2.84 bits per heavy atom. The minimum absolute atomic E-state index is 0.00673. The fourth-order valence-corrected chi connectivity index (χ4v) is 2.49. The Balaban J connectivity index is 2.45. The number of benzene rings is 1. The van der Waals surface area contributed by atoms with E-state index in [1.165, 1.54) is 0 Å². The molecule has 2 aromatic rings. The maximum absolute atomic E-state index is 6.04. The molecule has 100 valence electrons. The molecule has 0 saturated carbocycles. The number of pyridine rings is 1. The van der Waals surface area contributed by atoms with Crippen LogP contribution in [0.3, 0.4) is 0 Å². The van der Waals surface area contributed by atoms with Gasteiger partial charge in [-0.25, -0.2) is 4.98 Å². The summed E-state index contributed by atoms with van der Waals surface area (Å²) in [7, 11) is 0. The summed E-state index contributed by atoms with van der Waals surface area (Å²) in [6.45, 7) is 2.89. The van der Waals surface area contributed by atoms with E-state index in [0.717, 1.165) is 22.1 Å². The summed E-state index contributed by atoms with van der Waals surface area (Å²) in [5, 5.41) is 4.11. The number of rotatable bonds is 4. The van der Waals surface area contributed by atoms with Crippen LogP contribution in [0.4, 0.5) is 5.82 Å². The molecule has 0 aliphatic carbocycles. The molecule has 0 amide bonds. The predicted octanol–water partition coefficient (Wildman–Crippen LogP) is 3.78. The Bertz CT molecular complexity index is 574. The van der Waals surface area contributed by atoms with E-state index in [9.17, 15) is 0 Å². The summed E-state index contributed by atoms with van der Waals surface area (Å²) in [4.78, 5) is 4.15. The first-order valence-electron chi connectivity index (χ1n) is 6.02. The zero-order valence-electron chi connectivity index (χ0n) is 10.5. The van der Waals surface area contributed by atoms with Crippen LogP contribution in [0.5, 0.6) is 0 Å². The lowest BCUT2D eigenvalue weighted by atomic mass is 9.99. The highest BCUT2D eigenvalue weighted by atomic mass is 79.9. The van der Waals surface area contributed by atoms with Gasteiger partial charge in [0, 0.05) is 16.2 Å². The molecule has 0 aliphatic heterocycles. The molecule has 5 heteroatoms. The van der Waals surface area contributed by atoms with Crippen molar-refractivity contribution in [1.82, 2.24) is 10.3 Å². The van der Waals surface area contributed by atoms with Crippen molar-refractivity contribution < 1.29 is 0 Å². The van der Waals surface area contributed by atoms with Gasteiger partial charge in [0.1, 0.15) is 5.82 Å². The van der Waals surface area contributed by atoms with Crippen LogP contribution in [0.15, 0.2) is 41.0 Å². The molecule has 0 bridgehead atoms. The van der Waals surface area contributed by atoms with E-state index < -0.39 is 0 Å². The van der Waals surface area contributed by atoms with Gasteiger partial charge >= 0.3 is 0 Å². The molecule has 19 heavy (non-hydrogen) atoms. The fourth-order valence-electron chi connectivity index (χ4n) is 1.98. The number of nitrogens with one attached hydrogen (secondary N) is 1. The van der Waals surface area contributed by atoms with Crippen molar-refractivity contribution in [2.75, 3.05) is 12.3 Å². The standard InChI is InChI=1S/C14H15BrClN3/c1-2-18-13(10-4-3-7-19-14(10)17)9-5-6-12(16)11(15)8-9/h3-8,13,18H,2H2,1H3,(H2,17,19). The van der Waals surface area contributed by atoms with Crippen LogP contribution in [0, 0.1) is 0 Å². The molecule has 1 unspecified atom stereocenters. The summed E-state index contributed by atoms with van der Waals surface area (Å²) >= 11 is 9.49. The molecule has 0 radical (unpaired) electrons. The number of anilines is 1. The molecule has 3 N–H and O–H groups in total. The van der Waals surface area contributed by atoms with Gasteiger partial charge in [-0.05, 0) is 46.2 Å². The van der Waals surface area contributed by atoms with E-state index in [1.807, 2.05) is 30.3 Å². The molecule has 0 aliphatic rings. The van der Waals surface area contributed by atoms with Gasteiger partial charge in [0.2, 0.25) is 0 Å². The molecular formula is C14H15BrClN3. The van der Waals surface area contributed by atoms with Crippen LogP contribution < -0.4 is 11.1 Å². The second kappa shape index (κ2) is 6.37. The number of hydrogen-bond acceptors (Lipinski definition) is 3. The summed E-state index contributed by atoms with van der Waals surface area (Å²) < 4.78 is 0.872. The third-order valence-corrected chi connectivity index (χ3v) is 4.08. The first-order valence-corrected chi connectivity index (χ1v) is 7.19. The van der Waals surface area contributed by atoms with Crippen molar-refractivity contribution >= 4 is 33.3 Å². The van der Waals surface area contributed by atoms with Gasteiger partial charge in [-0.1, -0.05) is 30.7 Å². The van der Waals surface area contributed by atoms with Crippen molar-refractivity contribution in [1.29, 1.82) is 0 Å². The zero-order chi connectivity index (χ0) is 13.8. The molecule has 1 heterocycles. The SMILES string of the molecule is CCNC(c1ccc(Cl)c(Br)c1)c1cccnc1N. The van der Waals surface area contributed by atoms with Gasteiger partial charge in [-0.2, -0.15) is 0 Å². The average molecular weight is 341 g/mol. The number of hydrogen-bond donors (Lipinski definition) is 2. The fraction of sp³-hybridized carbons (Fsp3) is 0.214. The number of nitrogen functional groups attached to an aromatic ring is 1. The van der Waals surface area contributed by atoms with Gasteiger partial charge < -0.3 is 11.1 Å². The summed E-state index contributed by atoms with van der Waals surface area (Å²) in [6, 6.07) is 9.75. The highest BCUT2D eigenvalue weighted by Crippen LogP contribution is 2.30. The largest absolute Gasteiger partial charge is 0.383 e. The molecule has 1 atom stereocenters. The van der Waals surface area contributed by atoms with Crippen molar-refractivity contribution in [2.24, 2.45) is 0 Å². The van der Waals surface area contributed by atoms with E-state index in [2.05, 4.69) is 33.2 Å². The Morgan fingerprint density at radius 1 is 1.42 bits per heavy atom. The van der Waals surface area contributed by atoms with Crippen molar-refractivity contribution in [3.63, 3.8) is 0 Å². The normalized spacial score (nSPS) is 12.4. The topological polar surface area (TPSA) is 50.9 Å². The van der Waals surface area contributed by atoms with Crippen LogP contribution in [0.1, 0.15) is 24.1 Å². The molecule has 1 aromatic carbocycles. The lowest BCUT2D eigenvalue weighted by Crippen LogP contribution is -2.23. The van der Waals surface area contributed by atoms with E-state index in [1.54, 1.807) is 6.20 Å². The number of nitrogens with zero attached hydrogens (tertiary/aromatic N) is 1. The first kappa shape index (κ1) is 14.3. The maximum Gasteiger partial charge on any atom is 0.128 e. The van der Waals surface area contributed by atoms with Gasteiger partial charge in [0.15, 0.2) is 0 Å². The van der Waals surface area contributed by atoms with Gasteiger partial charge in [-0.15, -0.1) is 0 Å². The van der Waals surface area contributed by atoms with E-state index in [0.29, 0.717) is 10.8 Å². The van der Waals surface area contributed by atoms with Crippen molar-refractivity contribution in [3.8, 4) is 0 Å². The molecular weight excluding hydrogens is 326 g/mol. The Morgan fingerprint density at radius 2 is 2.21 bits per heavy atom.